The molecule has 1 saturated heterocycles. The lowest BCUT2D eigenvalue weighted by molar-refractivity contribution is 0.627. The molecule has 1 aliphatic heterocycles. The van der Waals surface area contributed by atoms with Crippen molar-refractivity contribution in [3.63, 3.8) is 0 Å². The van der Waals surface area contributed by atoms with Crippen LogP contribution in [0.15, 0.2) is 59.7 Å². The van der Waals surface area contributed by atoms with Gasteiger partial charge in [-0.1, -0.05) is 30.3 Å². The molecule has 4 rings (SSSR count). The summed E-state index contributed by atoms with van der Waals surface area (Å²) in [7, 11) is 0. The highest BCUT2D eigenvalue weighted by Gasteiger charge is 2.17. The molecule has 0 amide bonds. The summed E-state index contributed by atoms with van der Waals surface area (Å²) in [5.74, 6) is 1.05. The third-order valence-corrected chi connectivity index (χ3v) is 4.27. The van der Waals surface area contributed by atoms with Crippen molar-refractivity contribution in [3.05, 3.63) is 66.0 Å². The van der Waals surface area contributed by atoms with Gasteiger partial charge in [0, 0.05) is 18.8 Å². The minimum Gasteiger partial charge on any atom is -0.341 e. The molecule has 0 radical (unpaired) electrons. The summed E-state index contributed by atoms with van der Waals surface area (Å²) in [5.41, 5.74) is 4.35. The predicted molar refractivity (Wildman–Crippen MR) is 109 cm³/mol. The molecular weight excluding hydrogens is 357 g/mol. The molecule has 0 aliphatic carbocycles. The Kier molecular flexibility index (Phi) is 5.37. The standard InChI is InChI=1S/C20H20FN7/c21-16-8-6-7-15(13-16)14-22-27-19-24-18(23-17-9-2-1-3-10-17)25-20(26-19)28-11-4-5-12-28/h1-3,6-10,13-14H,4-5,11-12H2,(H2,23,24,25,26,27)/b22-14+. The van der Waals surface area contributed by atoms with E-state index in [4.69, 9.17) is 0 Å². The highest BCUT2D eigenvalue weighted by Crippen LogP contribution is 2.20. The number of rotatable bonds is 6. The number of aromatic nitrogens is 3. The number of anilines is 4. The van der Waals surface area contributed by atoms with Crippen LogP contribution < -0.4 is 15.6 Å². The maximum absolute atomic E-state index is 13.3. The Morgan fingerprint density at radius 2 is 1.71 bits per heavy atom. The molecule has 0 unspecified atom stereocenters. The monoisotopic (exact) mass is 377 g/mol. The number of hydrazone groups is 1. The van der Waals surface area contributed by atoms with Crippen LogP contribution in [0, 0.1) is 5.82 Å². The van der Waals surface area contributed by atoms with Gasteiger partial charge < -0.3 is 10.2 Å². The van der Waals surface area contributed by atoms with Crippen molar-refractivity contribution in [3.8, 4) is 0 Å². The topological polar surface area (TPSA) is 78.3 Å². The van der Waals surface area contributed by atoms with Gasteiger partial charge in [0.05, 0.1) is 6.21 Å². The smallest absolute Gasteiger partial charge is 0.250 e. The number of nitrogens with zero attached hydrogens (tertiary/aromatic N) is 5. The van der Waals surface area contributed by atoms with E-state index in [9.17, 15) is 4.39 Å². The largest absolute Gasteiger partial charge is 0.341 e. The Balaban J connectivity index is 1.56. The summed E-state index contributed by atoms with van der Waals surface area (Å²) in [6.45, 7) is 1.83. The molecule has 2 aromatic carbocycles. The normalized spacial score (nSPS) is 13.8. The Labute approximate surface area is 162 Å². The van der Waals surface area contributed by atoms with Crippen LogP contribution in [0.1, 0.15) is 18.4 Å². The van der Waals surface area contributed by atoms with E-state index in [1.165, 1.54) is 18.3 Å². The van der Waals surface area contributed by atoms with Crippen molar-refractivity contribution in [2.45, 2.75) is 12.8 Å². The number of benzene rings is 2. The molecule has 2 N–H and O–H groups in total. The van der Waals surface area contributed by atoms with Crippen LogP contribution in [0.4, 0.5) is 27.9 Å². The van der Waals surface area contributed by atoms with Gasteiger partial charge in [-0.25, -0.2) is 9.82 Å². The Hall–Kier alpha value is -3.55. The molecule has 3 aromatic rings. The van der Waals surface area contributed by atoms with Crippen molar-refractivity contribution in [1.82, 2.24) is 15.0 Å². The van der Waals surface area contributed by atoms with E-state index in [1.54, 1.807) is 12.1 Å². The lowest BCUT2D eigenvalue weighted by Gasteiger charge is -2.16. The molecule has 142 valence electrons. The summed E-state index contributed by atoms with van der Waals surface area (Å²) in [6, 6.07) is 15.9. The zero-order chi connectivity index (χ0) is 19.2. The fraction of sp³-hybridized carbons (Fsp3) is 0.200. The van der Waals surface area contributed by atoms with Gasteiger partial charge in [-0.15, -0.1) is 0 Å². The van der Waals surface area contributed by atoms with Crippen LogP contribution in [0.3, 0.4) is 0 Å². The number of hydrogen-bond acceptors (Lipinski definition) is 7. The first-order chi connectivity index (χ1) is 13.8. The molecule has 1 fully saturated rings. The van der Waals surface area contributed by atoms with Crippen LogP contribution in [0.2, 0.25) is 0 Å². The zero-order valence-electron chi connectivity index (χ0n) is 15.2. The van der Waals surface area contributed by atoms with E-state index in [0.717, 1.165) is 31.6 Å². The second-order valence-corrected chi connectivity index (χ2v) is 6.39. The van der Waals surface area contributed by atoms with Crippen molar-refractivity contribution >= 4 is 29.7 Å². The van der Waals surface area contributed by atoms with Gasteiger partial charge >= 0.3 is 0 Å². The van der Waals surface area contributed by atoms with Crippen LogP contribution in [-0.4, -0.2) is 34.3 Å². The molecule has 8 heteroatoms. The van der Waals surface area contributed by atoms with Crippen molar-refractivity contribution < 1.29 is 4.39 Å². The number of hydrogen-bond donors (Lipinski definition) is 2. The minimum atomic E-state index is -0.310. The number of halogens is 1. The molecule has 1 aliphatic rings. The summed E-state index contributed by atoms with van der Waals surface area (Å²) in [5, 5.41) is 7.32. The van der Waals surface area contributed by atoms with Gasteiger partial charge in [0.1, 0.15) is 5.82 Å². The molecule has 0 spiro atoms. The van der Waals surface area contributed by atoms with Crippen LogP contribution in [0.5, 0.6) is 0 Å². The third kappa shape index (κ3) is 4.59. The quantitative estimate of drug-likeness (QED) is 0.503. The molecule has 2 heterocycles. The summed E-state index contributed by atoms with van der Waals surface area (Å²) in [4.78, 5) is 15.5. The Morgan fingerprint density at radius 1 is 0.929 bits per heavy atom. The molecule has 0 bridgehead atoms. The van der Waals surface area contributed by atoms with E-state index < -0.39 is 0 Å². The van der Waals surface area contributed by atoms with E-state index in [-0.39, 0.29) is 5.82 Å². The van der Waals surface area contributed by atoms with E-state index in [2.05, 4.69) is 35.7 Å². The lowest BCUT2D eigenvalue weighted by Crippen LogP contribution is -2.21. The first-order valence-electron chi connectivity index (χ1n) is 9.14. The first kappa shape index (κ1) is 17.8. The fourth-order valence-corrected chi connectivity index (χ4v) is 2.93. The fourth-order valence-electron chi connectivity index (χ4n) is 2.93. The Morgan fingerprint density at radius 3 is 2.50 bits per heavy atom. The minimum absolute atomic E-state index is 0.310. The van der Waals surface area contributed by atoms with Crippen molar-refractivity contribution in [2.24, 2.45) is 5.10 Å². The van der Waals surface area contributed by atoms with Gasteiger partial charge in [-0.2, -0.15) is 20.1 Å². The first-order valence-corrected chi connectivity index (χ1v) is 9.14. The van der Waals surface area contributed by atoms with Gasteiger partial charge in [0.25, 0.3) is 0 Å². The summed E-state index contributed by atoms with van der Waals surface area (Å²) < 4.78 is 13.3. The van der Waals surface area contributed by atoms with E-state index in [1.807, 2.05) is 30.3 Å². The number of nitrogens with one attached hydrogen (secondary N) is 2. The highest BCUT2D eigenvalue weighted by atomic mass is 19.1. The Bertz CT molecular complexity index is 956. The maximum atomic E-state index is 13.3. The van der Waals surface area contributed by atoms with Gasteiger partial charge in [0.2, 0.25) is 17.8 Å². The second-order valence-electron chi connectivity index (χ2n) is 6.39. The predicted octanol–water partition coefficient (Wildman–Crippen LogP) is 3.80. The molecule has 7 nitrogen and oxygen atoms in total. The van der Waals surface area contributed by atoms with Crippen molar-refractivity contribution in [1.29, 1.82) is 0 Å². The third-order valence-electron chi connectivity index (χ3n) is 4.27. The molecular formula is C20H20FN7. The molecule has 0 saturated carbocycles. The van der Waals surface area contributed by atoms with Crippen LogP contribution >= 0.6 is 0 Å². The van der Waals surface area contributed by atoms with Gasteiger partial charge in [-0.3, -0.25) is 0 Å². The zero-order valence-corrected chi connectivity index (χ0v) is 15.2. The maximum Gasteiger partial charge on any atom is 0.250 e. The van der Waals surface area contributed by atoms with Crippen LogP contribution in [-0.2, 0) is 0 Å². The average Bonchev–Trinajstić information content (AvgIpc) is 3.24. The summed E-state index contributed by atoms with van der Waals surface area (Å²) >= 11 is 0. The molecule has 1 aromatic heterocycles. The summed E-state index contributed by atoms with van der Waals surface area (Å²) in [6.07, 6.45) is 3.76. The second kappa shape index (κ2) is 8.43. The van der Waals surface area contributed by atoms with Gasteiger partial charge in [0.15, 0.2) is 0 Å². The average molecular weight is 377 g/mol. The lowest BCUT2D eigenvalue weighted by atomic mass is 10.2. The van der Waals surface area contributed by atoms with E-state index in [0.29, 0.717) is 23.4 Å². The van der Waals surface area contributed by atoms with E-state index >= 15 is 0 Å². The van der Waals surface area contributed by atoms with Crippen molar-refractivity contribution in [2.75, 3.05) is 28.7 Å². The SMILES string of the molecule is Fc1cccc(/C=N/Nc2nc(Nc3ccccc3)nc(N3CCCC3)n2)c1. The molecule has 0 atom stereocenters. The number of para-hydroxylation sites is 1. The van der Waals surface area contributed by atoms with Crippen LogP contribution in [0.25, 0.3) is 0 Å². The van der Waals surface area contributed by atoms with Gasteiger partial charge in [-0.05, 0) is 42.7 Å². The molecule has 28 heavy (non-hydrogen) atoms. The highest BCUT2D eigenvalue weighted by molar-refractivity contribution is 5.79.